The number of ether oxygens (including phenoxy) is 1. The van der Waals surface area contributed by atoms with E-state index in [9.17, 15) is 9.59 Å². The van der Waals surface area contributed by atoms with E-state index in [1.54, 1.807) is 13.2 Å². The van der Waals surface area contributed by atoms with Gasteiger partial charge >= 0.3 is 0 Å². The van der Waals surface area contributed by atoms with E-state index in [1.807, 2.05) is 48.5 Å². The Morgan fingerprint density at radius 2 is 1.76 bits per heavy atom. The summed E-state index contributed by atoms with van der Waals surface area (Å²) >= 11 is 0.958. The molecule has 1 heterocycles. The molecule has 152 valence electrons. The van der Waals surface area contributed by atoms with Crippen LogP contribution in [0.2, 0.25) is 0 Å². The summed E-state index contributed by atoms with van der Waals surface area (Å²) in [5, 5.41) is 2.81. The lowest BCUT2D eigenvalue weighted by Gasteiger charge is -2.20. The van der Waals surface area contributed by atoms with Crippen LogP contribution in [0.1, 0.15) is 19.4 Å². The lowest BCUT2D eigenvalue weighted by molar-refractivity contribution is -0.122. The summed E-state index contributed by atoms with van der Waals surface area (Å²) in [6.07, 6.45) is 1.76. The summed E-state index contributed by atoms with van der Waals surface area (Å²) in [6, 6.07) is 15.4. The predicted octanol–water partition coefficient (Wildman–Crippen LogP) is 4.65. The number of nitrogens with one attached hydrogen (secondary N) is 1. The van der Waals surface area contributed by atoms with E-state index in [1.165, 1.54) is 4.90 Å². The fourth-order valence-electron chi connectivity index (χ4n) is 3.11. The molecule has 0 saturated carbocycles. The van der Waals surface area contributed by atoms with E-state index in [4.69, 9.17) is 4.74 Å². The van der Waals surface area contributed by atoms with Gasteiger partial charge in [0.1, 0.15) is 5.75 Å². The maximum absolute atomic E-state index is 12.7. The van der Waals surface area contributed by atoms with Gasteiger partial charge in [0.15, 0.2) is 0 Å². The first-order valence-corrected chi connectivity index (χ1v) is 10.4. The van der Waals surface area contributed by atoms with Gasteiger partial charge in [0.2, 0.25) is 0 Å². The van der Waals surface area contributed by atoms with Crippen molar-refractivity contribution in [2.45, 2.75) is 13.8 Å². The van der Waals surface area contributed by atoms with Crippen LogP contribution in [0, 0.1) is 0 Å². The average molecular weight is 412 g/mol. The Hall–Kier alpha value is -2.93. The number of methoxy groups -OCH3 is 1. The van der Waals surface area contributed by atoms with E-state index in [0.717, 1.165) is 41.8 Å². The highest BCUT2D eigenvalue weighted by Crippen LogP contribution is 2.33. The zero-order chi connectivity index (χ0) is 20.8. The third-order valence-corrected chi connectivity index (χ3v) is 5.64. The molecule has 0 unspecified atom stereocenters. The standard InChI is InChI=1S/C22H25N3O3S/c1-4-24(5-2)17-12-10-16(11-13-17)14-20-21(26)25(22(27)29-20)15-23-18-8-6-7-9-19(18)28-3/h6-14,23H,4-5,15H2,1-3H3/b20-14-. The number of para-hydroxylation sites is 2. The van der Waals surface area contributed by atoms with Crippen LogP contribution in [0.4, 0.5) is 16.2 Å². The molecule has 1 aliphatic rings. The average Bonchev–Trinajstić information content (AvgIpc) is 3.01. The molecule has 1 aliphatic heterocycles. The zero-order valence-corrected chi connectivity index (χ0v) is 17.7. The molecule has 0 spiro atoms. The van der Waals surface area contributed by atoms with Crippen LogP contribution < -0.4 is 15.0 Å². The monoisotopic (exact) mass is 411 g/mol. The maximum atomic E-state index is 12.7. The number of benzene rings is 2. The van der Waals surface area contributed by atoms with Crippen molar-refractivity contribution in [1.29, 1.82) is 0 Å². The first-order valence-electron chi connectivity index (χ1n) is 9.54. The number of carbonyl (C=O) groups excluding carboxylic acids is 2. The number of hydrogen-bond donors (Lipinski definition) is 1. The van der Waals surface area contributed by atoms with Gasteiger partial charge in [-0.3, -0.25) is 14.5 Å². The summed E-state index contributed by atoms with van der Waals surface area (Å²) in [7, 11) is 1.58. The van der Waals surface area contributed by atoms with Crippen molar-refractivity contribution in [2.24, 2.45) is 0 Å². The van der Waals surface area contributed by atoms with Crippen LogP contribution in [0.15, 0.2) is 53.4 Å². The second-order valence-electron chi connectivity index (χ2n) is 6.41. The van der Waals surface area contributed by atoms with Gasteiger partial charge in [-0.15, -0.1) is 0 Å². The van der Waals surface area contributed by atoms with Crippen molar-refractivity contribution < 1.29 is 14.3 Å². The van der Waals surface area contributed by atoms with E-state index in [2.05, 4.69) is 24.1 Å². The summed E-state index contributed by atoms with van der Waals surface area (Å²) < 4.78 is 5.29. The Bertz CT molecular complexity index is 908. The molecule has 0 bridgehead atoms. The molecule has 29 heavy (non-hydrogen) atoms. The van der Waals surface area contributed by atoms with Gasteiger partial charge in [-0.1, -0.05) is 24.3 Å². The van der Waals surface area contributed by atoms with Crippen molar-refractivity contribution in [3.05, 3.63) is 59.0 Å². The third kappa shape index (κ3) is 4.74. The first kappa shape index (κ1) is 20.8. The van der Waals surface area contributed by atoms with Crippen LogP contribution in [-0.2, 0) is 4.79 Å². The fourth-order valence-corrected chi connectivity index (χ4v) is 3.95. The molecule has 3 rings (SSSR count). The minimum absolute atomic E-state index is 0.0866. The molecular formula is C22H25N3O3S. The van der Waals surface area contributed by atoms with Crippen LogP contribution in [0.5, 0.6) is 5.75 Å². The highest BCUT2D eigenvalue weighted by atomic mass is 32.2. The Balaban J connectivity index is 1.69. The normalized spacial score (nSPS) is 15.1. The molecule has 7 heteroatoms. The van der Waals surface area contributed by atoms with Gasteiger partial charge in [0.25, 0.3) is 11.1 Å². The number of anilines is 2. The van der Waals surface area contributed by atoms with Gasteiger partial charge < -0.3 is 15.0 Å². The minimum atomic E-state index is -0.296. The van der Waals surface area contributed by atoms with Crippen LogP contribution in [0.25, 0.3) is 6.08 Å². The minimum Gasteiger partial charge on any atom is -0.495 e. The smallest absolute Gasteiger partial charge is 0.295 e. The summed E-state index contributed by atoms with van der Waals surface area (Å²) in [5.41, 5.74) is 2.76. The number of thioether (sulfide) groups is 1. The molecule has 6 nitrogen and oxygen atoms in total. The number of rotatable bonds is 8. The van der Waals surface area contributed by atoms with E-state index in [-0.39, 0.29) is 17.8 Å². The van der Waals surface area contributed by atoms with E-state index >= 15 is 0 Å². The molecule has 0 radical (unpaired) electrons. The number of nitrogens with zero attached hydrogens (tertiary/aromatic N) is 2. The van der Waals surface area contributed by atoms with Crippen LogP contribution >= 0.6 is 11.8 Å². The Morgan fingerprint density at radius 3 is 2.41 bits per heavy atom. The second-order valence-corrected chi connectivity index (χ2v) is 7.40. The molecule has 1 N–H and O–H groups in total. The molecule has 1 saturated heterocycles. The van der Waals surface area contributed by atoms with Crippen molar-refractivity contribution in [1.82, 2.24) is 4.90 Å². The van der Waals surface area contributed by atoms with Gasteiger partial charge in [0, 0.05) is 18.8 Å². The number of imide groups is 1. The van der Waals surface area contributed by atoms with E-state index in [0.29, 0.717) is 10.7 Å². The van der Waals surface area contributed by atoms with Crippen molar-refractivity contribution in [3.8, 4) is 5.75 Å². The van der Waals surface area contributed by atoms with Crippen molar-refractivity contribution in [2.75, 3.05) is 37.1 Å². The van der Waals surface area contributed by atoms with E-state index < -0.39 is 0 Å². The Kier molecular flexibility index (Phi) is 6.82. The predicted molar refractivity (Wildman–Crippen MR) is 119 cm³/mol. The largest absolute Gasteiger partial charge is 0.495 e. The summed E-state index contributed by atoms with van der Waals surface area (Å²) in [5.74, 6) is 0.360. The molecule has 0 atom stereocenters. The highest BCUT2D eigenvalue weighted by molar-refractivity contribution is 8.18. The topological polar surface area (TPSA) is 61.9 Å². The maximum Gasteiger partial charge on any atom is 0.295 e. The quantitative estimate of drug-likeness (QED) is 0.638. The van der Waals surface area contributed by atoms with Crippen LogP contribution in [0.3, 0.4) is 0 Å². The molecule has 0 aliphatic carbocycles. The fraction of sp³-hybridized carbons (Fsp3) is 0.273. The molecule has 2 amide bonds. The third-order valence-electron chi connectivity index (χ3n) is 4.73. The van der Waals surface area contributed by atoms with Gasteiger partial charge in [-0.05, 0) is 61.5 Å². The number of carbonyl (C=O) groups is 2. The molecular weight excluding hydrogens is 386 g/mol. The molecule has 1 fully saturated rings. The zero-order valence-electron chi connectivity index (χ0n) is 16.8. The summed E-state index contributed by atoms with van der Waals surface area (Å²) in [6.45, 7) is 6.20. The summed E-state index contributed by atoms with van der Waals surface area (Å²) in [4.78, 5) is 28.9. The first-order chi connectivity index (χ1) is 14.1. The van der Waals surface area contributed by atoms with Gasteiger partial charge in [0.05, 0.1) is 24.4 Å². The highest BCUT2D eigenvalue weighted by Gasteiger charge is 2.34. The lowest BCUT2D eigenvalue weighted by atomic mass is 10.1. The molecule has 2 aromatic rings. The lowest BCUT2D eigenvalue weighted by Crippen LogP contribution is -2.33. The van der Waals surface area contributed by atoms with Crippen LogP contribution in [-0.4, -0.2) is 42.9 Å². The Morgan fingerprint density at radius 1 is 1.07 bits per heavy atom. The Labute approximate surface area is 175 Å². The SMILES string of the molecule is CCN(CC)c1ccc(/C=C2\SC(=O)N(CNc3ccccc3OC)C2=O)cc1. The molecule has 0 aromatic heterocycles. The number of hydrogen-bond acceptors (Lipinski definition) is 6. The van der Waals surface area contributed by atoms with Gasteiger partial charge in [-0.2, -0.15) is 0 Å². The van der Waals surface area contributed by atoms with Crippen molar-refractivity contribution >= 4 is 40.4 Å². The number of amides is 2. The second kappa shape index (κ2) is 9.52. The van der Waals surface area contributed by atoms with Gasteiger partial charge in [-0.25, -0.2) is 0 Å². The molecule has 2 aromatic carbocycles. The van der Waals surface area contributed by atoms with Crippen molar-refractivity contribution in [3.63, 3.8) is 0 Å².